The molecular weight excluding hydrogens is 643 g/mol. The molecule has 250 valence electrons. The minimum absolute atomic E-state index is 0.0827. The highest BCUT2D eigenvalue weighted by Crippen LogP contribution is 2.48. The van der Waals surface area contributed by atoms with Gasteiger partial charge in [0.2, 0.25) is 11.9 Å². The number of halogens is 2. The number of aromatic nitrogens is 4. The molecule has 3 aromatic rings. The number of methoxy groups -OCH3 is 2. The molecule has 6 rings (SSSR count). The fraction of sp³-hybridized carbons (Fsp3) is 0.485. The van der Waals surface area contributed by atoms with Crippen LogP contribution in [-0.4, -0.2) is 58.0 Å². The third-order valence-corrected chi connectivity index (χ3v) is 10.3. The zero-order chi connectivity index (χ0) is 33.2. The molecule has 14 heteroatoms. The predicted molar refractivity (Wildman–Crippen MR) is 181 cm³/mol. The Balaban J connectivity index is 1.35. The Morgan fingerprint density at radius 3 is 2.43 bits per heavy atom. The lowest BCUT2D eigenvalue weighted by atomic mass is 9.75. The number of hydrogen-bond donors (Lipinski definition) is 2. The van der Waals surface area contributed by atoms with Gasteiger partial charge >= 0.3 is 6.03 Å². The highest BCUT2D eigenvalue weighted by Gasteiger charge is 2.39. The fourth-order valence-electron chi connectivity index (χ4n) is 7.25. The Labute approximate surface area is 284 Å². The molecule has 1 unspecified atom stereocenters. The average molecular weight is 684 g/mol. The molecule has 2 N–H and O–H groups in total. The molecule has 2 aliphatic carbocycles. The van der Waals surface area contributed by atoms with Crippen LogP contribution in [0.25, 0.3) is 0 Å². The van der Waals surface area contributed by atoms with Gasteiger partial charge in [0.25, 0.3) is 0 Å². The van der Waals surface area contributed by atoms with Crippen LogP contribution in [0.15, 0.2) is 37.3 Å². The van der Waals surface area contributed by atoms with E-state index in [0.717, 1.165) is 24.8 Å². The maximum atomic E-state index is 14.4. The summed E-state index contributed by atoms with van der Waals surface area (Å²) in [6, 6.07) is 1.01. The van der Waals surface area contributed by atoms with Crippen LogP contribution in [0.3, 0.4) is 0 Å². The molecule has 1 aliphatic heterocycles. The lowest BCUT2D eigenvalue weighted by Gasteiger charge is -2.40. The van der Waals surface area contributed by atoms with Crippen LogP contribution in [0.4, 0.5) is 22.2 Å². The molecule has 3 heterocycles. The second-order valence-electron chi connectivity index (χ2n) is 12.5. The van der Waals surface area contributed by atoms with E-state index in [1.165, 1.54) is 50.9 Å². The van der Waals surface area contributed by atoms with Crippen molar-refractivity contribution in [2.75, 3.05) is 29.3 Å². The molecule has 2 saturated carbocycles. The van der Waals surface area contributed by atoms with Crippen molar-refractivity contribution in [3.63, 3.8) is 0 Å². The number of benzene rings is 1. The van der Waals surface area contributed by atoms with E-state index in [1.54, 1.807) is 28.0 Å². The number of carbonyl (C=O) groups excluding carboxylic acids is 2. The normalized spacial score (nSPS) is 21.4. The molecule has 0 bridgehead atoms. The van der Waals surface area contributed by atoms with Gasteiger partial charge in [0.05, 0.1) is 39.2 Å². The maximum Gasteiger partial charge on any atom is 0.330 e. The molecule has 0 radical (unpaired) electrons. The highest BCUT2D eigenvalue weighted by atomic mass is 35.5. The third-order valence-electron chi connectivity index (χ3n) is 9.59. The second-order valence-corrected chi connectivity index (χ2v) is 13.2. The monoisotopic (exact) mass is 682 g/mol. The number of ether oxygens (including phenoxy) is 2. The first-order valence-electron chi connectivity index (χ1n) is 15.9. The number of nitrogens with one attached hydrogen (secondary N) is 2. The van der Waals surface area contributed by atoms with E-state index < -0.39 is 0 Å². The second kappa shape index (κ2) is 14.0. The van der Waals surface area contributed by atoms with Crippen LogP contribution >= 0.6 is 23.2 Å². The molecule has 3 amide bonds. The summed E-state index contributed by atoms with van der Waals surface area (Å²) in [5.41, 5.74) is 1.76. The third kappa shape index (κ3) is 6.71. The van der Waals surface area contributed by atoms with Gasteiger partial charge in [0.15, 0.2) is 0 Å². The van der Waals surface area contributed by atoms with Gasteiger partial charge in [-0.05, 0) is 37.2 Å². The summed E-state index contributed by atoms with van der Waals surface area (Å²) in [5, 5.41) is 11.3. The Hall–Kier alpha value is -4.03. The first-order valence-corrected chi connectivity index (χ1v) is 16.7. The van der Waals surface area contributed by atoms with E-state index in [-0.39, 0.29) is 52.8 Å². The van der Waals surface area contributed by atoms with Crippen LogP contribution in [0, 0.1) is 11.8 Å². The summed E-state index contributed by atoms with van der Waals surface area (Å²) in [7, 11) is 4.79. The lowest BCUT2D eigenvalue weighted by Crippen LogP contribution is -2.51. The molecule has 47 heavy (non-hydrogen) atoms. The Morgan fingerprint density at radius 1 is 1.06 bits per heavy atom. The van der Waals surface area contributed by atoms with Crippen molar-refractivity contribution in [1.82, 2.24) is 25.1 Å². The van der Waals surface area contributed by atoms with Crippen molar-refractivity contribution in [3.8, 4) is 11.5 Å². The highest BCUT2D eigenvalue weighted by molar-refractivity contribution is 6.42. The number of amides is 3. The van der Waals surface area contributed by atoms with Gasteiger partial charge in [-0.3, -0.25) is 19.3 Å². The van der Waals surface area contributed by atoms with Crippen molar-refractivity contribution in [3.05, 3.63) is 58.5 Å². The molecular formula is C33H40Cl2N8O4. The number of hydrogen-bond acceptors (Lipinski definition) is 8. The van der Waals surface area contributed by atoms with Gasteiger partial charge in [-0.25, -0.2) is 9.78 Å². The zero-order valence-electron chi connectivity index (χ0n) is 26.8. The average Bonchev–Trinajstić information content (AvgIpc) is 3.76. The van der Waals surface area contributed by atoms with E-state index in [1.807, 2.05) is 13.2 Å². The summed E-state index contributed by atoms with van der Waals surface area (Å²) in [4.78, 5) is 39.4. The molecule has 3 atom stereocenters. The first-order chi connectivity index (χ1) is 22.7. The smallest absolute Gasteiger partial charge is 0.330 e. The number of aryl methyl sites for hydroxylation is 1. The number of carbonyl (C=O) groups is 2. The largest absolute Gasteiger partial charge is 0.495 e. The summed E-state index contributed by atoms with van der Waals surface area (Å²) in [6.45, 7) is 3.93. The minimum Gasteiger partial charge on any atom is -0.495 e. The van der Waals surface area contributed by atoms with E-state index in [0.29, 0.717) is 40.7 Å². The zero-order valence-corrected chi connectivity index (χ0v) is 28.4. The topological polar surface area (TPSA) is 127 Å². The van der Waals surface area contributed by atoms with Gasteiger partial charge in [0, 0.05) is 48.7 Å². The van der Waals surface area contributed by atoms with Crippen molar-refractivity contribution in [2.45, 2.75) is 70.1 Å². The van der Waals surface area contributed by atoms with E-state index >= 15 is 0 Å². The summed E-state index contributed by atoms with van der Waals surface area (Å²) in [6.07, 6.45) is 14.5. The summed E-state index contributed by atoms with van der Waals surface area (Å²) in [5.74, 6) is 2.55. The number of anilines is 3. The van der Waals surface area contributed by atoms with Gasteiger partial charge in [-0.2, -0.15) is 10.1 Å². The Bertz CT molecular complexity index is 1630. The number of fused-ring (bicyclic) bond motifs is 1. The number of nitrogens with zero attached hydrogens (tertiary/aromatic N) is 6. The first kappa shape index (κ1) is 32.9. The standard InChI is InChI=1S/C33H40Cl2N8O4/c1-5-27(44)38-23-11-10-21(20-8-6-7-9-20)12-24(23)39-32-36-15-22-18-42(30-28(34)25(46-3)13-26(47-4)29(30)35)33(45)43(31(22)40-32)17-19-14-37-41(2)16-19/h5,13-16,20-21,23-24H,1,6-12,17-18H2,2-4H3,(H,38,44)(H,36,39,40)/t21?,23-,24+/m0/s1. The van der Waals surface area contributed by atoms with Crippen LogP contribution in [0.1, 0.15) is 56.1 Å². The molecule has 0 saturated heterocycles. The predicted octanol–water partition coefficient (Wildman–Crippen LogP) is 6.12. The van der Waals surface area contributed by atoms with Gasteiger partial charge in [-0.15, -0.1) is 0 Å². The molecule has 1 aromatic carbocycles. The molecule has 12 nitrogen and oxygen atoms in total. The molecule has 0 spiro atoms. The van der Waals surface area contributed by atoms with Crippen LogP contribution < -0.4 is 29.9 Å². The van der Waals surface area contributed by atoms with Crippen LogP contribution in [-0.2, 0) is 24.9 Å². The SMILES string of the molecule is C=CC(=O)N[C@H]1CCC(C2CCCC2)C[C@H]1Nc1ncc2c(n1)N(Cc1cnn(C)c1)C(=O)N(c1c(Cl)c(OC)cc(OC)c1Cl)C2. The van der Waals surface area contributed by atoms with Crippen LogP contribution in [0.5, 0.6) is 11.5 Å². The van der Waals surface area contributed by atoms with E-state index in [2.05, 4.69) is 22.3 Å². The summed E-state index contributed by atoms with van der Waals surface area (Å²) < 4.78 is 12.6. The quantitative estimate of drug-likeness (QED) is 0.245. The fourth-order valence-corrected chi connectivity index (χ4v) is 7.95. The molecule has 3 aliphatic rings. The van der Waals surface area contributed by atoms with Crippen molar-refractivity contribution in [2.24, 2.45) is 18.9 Å². The van der Waals surface area contributed by atoms with Crippen molar-refractivity contribution >= 4 is 52.6 Å². The van der Waals surface area contributed by atoms with E-state index in [4.69, 9.17) is 42.6 Å². The van der Waals surface area contributed by atoms with Crippen molar-refractivity contribution < 1.29 is 19.1 Å². The number of urea groups is 1. The minimum atomic E-state index is -0.389. The summed E-state index contributed by atoms with van der Waals surface area (Å²) >= 11 is 13.5. The van der Waals surface area contributed by atoms with Gasteiger partial charge in [0.1, 0.15) is 27.4 Å². The van der Waals surface area contributed by atoms with Crippen LogP contribution in [0.2, 0.25) is 10.0 Å². The molecule has 2 fully saturated rings. The molecule has 2 aromatic heterocycles. The Morgan fingerprint density at radius 2 is 1.79 bits per heavy atom. The Kier molecular flexibility index (Phi) is 9.79. The van der Waals surface area contributed by atoms with Gasteiger partial charge < -0.3 is 20.1 Å². The lowest BCUT2D eigenvalue weighted by molar-refractivity contribution is -0.117. The van der Waals surface area contributed by atoms with Crippen molar-refractivity contribution in [1.29, 1.82) is 0 Å². The number of rotatable bonds is 10. The van der Waals surface area contributed by atoms with Gasteiger partial charge in [-0.1, -0.05) is 55.5 Å². The van der Waals surface area contributed by atoms with E-state index in [9.17, 15) is 9.59 Å². The maximum absolute atomic E-state index is 14.4.